The summed E-state index contributed by atoms with van der Waals surface area (Å²) in [4.78, 5) is 23.2. The van der Waals surface area contributed by atoms with E-state index in [-0.39, 0.29) is 4.91 Å². The molecule has 1 N–H and O–H groups in total. The maximum absolute atomic E-state index is 11.8. The average Bonchev–Trinajstić information content (AvgIpc) is 3.07. The zero-order valence-electron chi connectivity index (χ0n) is 15.2. The lowest BCUT2D eigenvalue weighted by atomic mass is 10.0. The molecule has 28 heavy (non-hydrogen) atoms. The monoisotopic (exact) mass is 395 g/mol. The van der Waals surface area contributed by atoms with E-state index >= 15 is 0 Å². The van der Waals surface area contributed by atoms with Crippen molar-refractivity contribution in [2.24, 2.45) is 10.2 Å². The first-order chi connectivity index (χ1) is 13.6. The normalized spacial score (nSPS) is 16.6. The van der Waals surface area contributed by atoms with Crippen molar-refractivity contribution < 1.29 is 19.1 Å². The number of rotatable bonds is 5. The molecule has 1 amide bonds. The lowest BCUT2D eigenvalue weighted by Gasteiger charge is -2.04. The highest BCUT2D eigenvalue weighted by molar-refractivity contribution is 8.18. The molecule has 1 heterocycles. The average molecular weight is 395 g/mol. The van der Waals surface area contributed by atoms with Crippen LogP contribution in [0.4, 0.5) is 0 Å². The van der Waals surface area contributed by atoms with Gasteiger partial charge < -0.3 is 9.47 Å². The number of nitrogens with one attached hydrogen (secondary N) is 1. The van der Waals surface area contributed by atoms with E-state index in [2.05, 4.69) is 20.3 Å². The van der Waals surface area contributed by atoms with Crippen LogP contribution in [0.25, 0.3) is 11.1 Å². The Balaban J connectivity index is 1.71. The van der Waals surface area contributed by atoms with Gasteiger partial charge in [-0.3, -0.25) is 10.1 Å². The van der Waals surface area contributed by atoms with Crippen LogP contribution in [0.5, 0.6) is 5.75 Å². The maximum atomic E-state index is 11.8. The SMILES string of the molecule is COC(=O)/C=C1/S/C(=N\N=Cc2cccc(-c3ccc(OC)cc3)c2)NC1=O. The molecule has 0 aromatic heterocycles. The van der Waals surface area contributed by atoms with Gasteiger partial charge in [0.15, 0.2) is 5.17 Å². The van der Waals surface area contributed by atoms with E-state index in [0.717, 1.165) is 40.3 Å². The first-order valence-electron chi connectivity index (χ1n) is 8.23. The summed E-state index contributed by atoms with van der Waals surface area (Å²) in [5.41, 5.74) is 2.95. The summed E-state index contributed by atoms with van der Waals surface area (Å²) in [6.45, 7) is 0. The van der Waals surface area contributed by atoms with Crippen molar-refractivity contribution >= 4 is 35.0 Å². The molecular formula is C20H17N3O4S. The minimum absolute atomic E-state index is 0.210. The predicted molar refractivity (Wildman–Crippen MR) is 109 cm³/mol. The Labute approximate surface area is 166 Å². The lowest BCUT2D eigenvalue weighted by molar-refractivity contribution is -0.135. The third-order valence-electron chi connectivity index (χ3n) is 3.77. The van der Waals surface area contributed by atoms with Gasteiger partial charge in [-0.15, -0.1) is 5.10 Å². The van der Waals surface area contributed by atoms with Gasteiger partial charge in [-0.1, -0.05) is 30.3 Å². The van der Waals surface area contributed by atoms with Crippen molar-refractivity contribution in [3.63, 3.8) is 0 Å². The molecule has 8 heteroatoms. The third-order valence-corrected chi connectivity index (χ3v) is 4.67. The molecule has 3 rings (SSSR count). The second kappa shape index (κ2) is 9.01. The molecular weight excluding hydrogens is 378 g/mol. The summed E-state index contributed by atoms with van der Waals surface area (Å²) in [7, 11) is 2.88. The standard InChI is InChI=1S/C20H17N3O4S/c1-26-16-8-6-14(7-9-16)15-5-3-4-13(10-15)12-21-23-20-22-19(25)17(28-20)11-18(24)27-2/h3-12H,1-2H3,(H,22,23,25)/b17-11+,21-12?. The molecule has 7 nitrogen and oxygen atoms in total. The molecule has 0 atom stereocenters. The minimum Gasteiger partial charge on any atom is -0.497 e. The van der Waals surface area contributed by atoms with E-state index in [1.807, 2.05) is 48.5 Å². The van der Waals surface area contributed by atoms with Crippen LogP contribution < -0.4 is 10.1 Å². The highest BCUT2D eigenvalue weighted by atomic mass is 32.2. The summed E-state index contributed by atoms with van der Waals surface area (Å²) in [6.07, 6.45) is 2.71. The number of amidine groups is 1. The zero-order chi connectivity index (χ0) is 19.9. The maximum Gasteiger partial charge on any atom is 0.331 e. The number of hydrogen-bond donors (Lipinski definition) is 1. The number of amides is 1. The van der Waals surface area contributed by atoms with Crippen LogP contribution in [-0.2, 0) is 14.3 Å². The Morgan fingerprint density at radius 2 is 1.89 bits per heavy atom. The zero-order valence-corrected chi connectivity index (χ0v) is 16.0. The molecule has 0 saturated carbocycles. The first kappa shape index (κ1) is 19.4. The van der Waals surface area contributed by atoms with Crippen LogP contribution in [0.3, 0.4) is 0 Å². The smallest absolute Gasteiger partial charge is 0.331 e. The van der Waals surface area contributed by atoms with E-state index in [9.17, 15) is 9.59 Å². The van der Waals surface area contributed by atoms with Gasteiger partial charge in [0.05, 0.1) is 25.3 Å². The number of benzene rings is 2. The molecule has 1 aliphatic rings. The van der Waals surface area contributed by atoms with Gasteiger partial charge in [-0.05, 0) is 46.7 Å². The minimum atomic E-state index is -0.599. The molecule has 0 unspecified atom stereocenters. The lowest BCUT2D eigenvalue weighted by Crippen LogP contribution is -2.19. The molecule has 2 aromatic carbocycles. The largest absolute Gasteiger partial charge is 0.497 e. The molecule has 1 fully saturated rings. The van der Waals surface area contributed by atoms with Crippen LogP contribution in [0.2, 0.25) is 0 Å². The van der Waals surface area contributed by atoms with Crippen LogP contribution in [-0.4, -0.2) is 37.5 Å². The highest BCUT2D eigenvalue weighted by Gasteiger charge is 2.24. The second-order valence-corrected chi connectivity index (χ2v) is 6.62. The molecule has 0 spiro atoms. The first-order valence-corrected chi connectivity index (χ1v) is 9.05. The molecule has 142 valence electrons. The van der Waals surface area contributed by atoms with Gasteiger partial charge in [0.1, 0.15) is 5.75 Å². The van der Waals surface area contributed by atoms with Crippen LogP contribution in [0.1, 0.15) is 5.56 Å². The van der Waals surface area contributed by atoms with Gasteiger partial charge in [-0.2, -0.15) is 5.10 Å². The Bertz CT molecular complexity index is 981. The number of carbonyl (C=O) groups excluding carboxylic acids is 2. The van der Waals surface area contributed by atoms with Crippen molar-refractivity contribution in [2.75, 3.05) is 14.2 Å². The fraction of sp³-hybridized carbons (Fsp3) is 0.100. The number of carbonyl (C=O) groups is 2. The fourth-order valence-electron chi connectivity index (χ4n) is 2.37. The predicted octanol–water partition coefficient (Wildman–Crippen LogP) is 2.97. The van der Waals surface area contributed by atoms with Crippen molar-refractivity contribution in [3.05, 3.63) is 65.1 Å². The quantitative estimate of drug-likeness (QED) is 0.364. The Hall–Kier alpha value is -3.39. The van der Waals surface area contributed by atoms with Crippen molar-refractivity contribution in [3.8, 4) is 16.9 Å². The van der Waals surface area contributed by atoms with E-state index in [1.54, 1.807) is 13.3 Å². The number of ether oxygens (including phenoxy) is 2. The Morgan fingerprint density at radius 3 is 2.61 bits per heavy atom. The number of methoxy groups -OCH3 is 2. The molecule has 2 aromatic rings. The summed E-state index contributed by atoms with van der Waals surface area (Å²) in [5.74, 6) is -0.211. The Kier molecular flexibility index (Phi) is 6.23. The topological polar surface area (TPSA) is 89.3 Å². The number of nitrogens with zero attached hydrogens (tertiary/aromatic N) is 2. The Morgan fingerprint density at radius 1 is 1.11 bits per heavy atom. The van der Waals surface area contributed by atoms with Crippen molar-refractivity contribution in [2.45, 2.75) is 0 Å². The molecule has 0 radical (unpaired) electrons. The second-order valence-electron chi connectivity index (χ2n) is 5.59. The summed E-state index contributed by atoms with van der Waals surface area (Å²) in [6, 6.07) is 15.6. The van der Waals surface area contributed by atoms with Crippen LogP contribution >= 0.6 is 11.8 Å². The van der Waals surface area contributed by atoms with Crippen LogP contribution in [0, 0.1) is 0 Å². The molecule has 1 saturated heterocycles. The van der Waals surface area contributed by atoms with Gasteiger partial charge >= 0.3 is 5.97 Å². The van der Waals surface area contributed by atoms with E-state index < -0.39 is 11.9 Å². The van der Waals surface area contributed by atoms with Gasteiger partial charge in [0.25, 0.3) is 5.91 Å². The van der Waals surface area contributed by atoms with E-state index in [1.165, 1.54) is 7.11 Å². The summed E-state index contributed by atoms with van der Waals surface area (Å²) < 4.78 is 9.69. The van der Waals surface area contributed by atoms with Gasteiger partial charge in [-0.25, -0.2) is 4.79 Å². The number of thioether (sulfide) groups is 1. The van der Waals surface area contributed by atoms with Gasteiger partial charge in [0, 0.05) is 6.08 Å². The molecule has 0 aliphatic carbocycles. The summed E-state index contributed by atoms with van der Waals surface area (Å²) in [5, 5.41) is 10.8. The highest BCUT2D eigenvalue weighted by Crippen LogP contribution is 2.24. The fourth-order valence-corrected chi connectivity index (χ4v) is 3.11. The van der Waals surface area contributed by atoms with Crippen LogP contribution in [0.15, 0.2) is 69.7 Å². The van der Waals surface area contributed by atoms with E-state index in [4.69, 9.17) is 4.74 Å². The number of esters is 1. The van der Waals surface area contributed by atoms with E-state index in [0.29, 0.717) is 5.17 Å². The molecule has 1 aliphatic heterocycles. The summed E-state index contributed by atoms with van der Waals surface area (Å²) >= 11 is 1.03. The molecule has 0 bridgehead atoms. The van der Waals surface area contributed by atoms with Crippen molar-refractivity contribution in [1.29, 1.82) is 0 Å². The van der Waals surface area contributed by atoms with Gasteiger partial charge in [0.2, 0.25) is 0 Å². The number of hydrogen-bond acceptors (Lipinski definition) is 7. The van der Waals surface area contributed by atoms with Crippen molar-refractivity contribution in [1.82, 2.24) is 5.32 Å². The third kappa shape index (κ3) is 4.86.